The number of rotatable bonds is 3. The van der Waals surface area contributed by atoms with E-state index in [0.717, 1.165) is 0 Å². The number of aldehydes is 1. The normalized spacial score (nSPS) is 11.8. The summed E-state index contributed by atoms with van der Waals surface area (Å²) >= 11 is 0. The number of methoxy groups -OCH3 is 1. The van der Waals surface area contributed by atoms with Crippen LogP contribution in [0.5, 0.6) is 0 Å². The highest BCUT2D eigenvalue weighted by Gasteiger charge is 2.03. The number of hydrogen-bond acceptors (Lipinski definition) is 3. The summed E-state index contributed by atoms with van der Waals surface area (Å²) in [7, 11) is 1.48. The third kappa shape index (κ3) is 2.22. The fraction of sp³-hybridized carbons (Fsp3) is 0.500. The van der Waals surface area contributed by atoms with Gasteiger partial charge in [-0.15, -0.1) is 0 Å². The SMILES string of the molecule is COC(C)C(=C=N)C=O. The van der Waals surface area contributed by atoms with E-state index in [-0.39, 0.29) is 11.7 Å². The number of carbonyl (C=O) groups excluding carboxylic acids is 1. The van der Waals surface area contributed by atoms with Crippen LogP contribution in [0.2, 0.25) is 0 Å². The van der Waals surface area contributed by atoms with E-state index < -0.39 is 0 Å². The van der Waals surface area contributed by atoms with Gasteiger partial charge in [0.15, 0.2) is 6.29 Å². The van der Waals surface area contributed by atoms with Crippen LogP contribution in [0, 0.1) is 5.41 Å². The summed E-state index contributed by atoms with van der Waals surface area (Å²) in [5.74, 6) is 1.98. The van der Waals surface area contributed by atoms with E-state index in [0.29, 0.717) is 6.29 Å². The average molecular weight is 127 g/mol. The van der Waals surface area contributed by atoms with Gasteiger partial charge in [0.2, 0.25) is 0 Å². The van der Waals surface area contributed by atoms with Gasteiger partial charge >= 0.3 is 0 Å². The molecule has 1 N–H and O–H groups in total. The predicted molar refractivity (Wildman–Crippen MR) is 33.8 cm³/mol. The van der Waals surface area contributed by atoms with Gasteiger partial charge < -0.3 is 4.74 Å². The fourth-order valence-electron chi connectivity index (χ4n) is 0.354. The highest BCUT2D eigenvalue weighted by atomic mass is 16.5. The molecule has 3 heteroatoms. The lowest BCUT2D eigenvalue weighted by molar-refractivity contribution is -0.105. The summed E-state index contributed by atoms with van der Waals surface area (Å²) in [6, 6.07) is 0. The Morgan fingerprint density at radius 1 is 1.89 bits per heavy atom. The average Bonchev–Trinajstić information content (AvgIpc) is 1.90. The van der Waals surface area contributed by atoms with Gasteiger partial charge in [0, 0.05) is 7.11 Å². The smallest absolute Gasteiger partial charge is 0.157 e. The van der Waals surface area contributed by atoms with E-state index in [2.05, 4.69) is 0 Å². The first-order chi connectivity index (χ1) is 4.26. The lowest BCUT2D eigenvalue weighted by Crippen LogP contribution is -2.09. The molecule has 0 aliphatic carbocycles. The van der Waals surface area contributed by atoms with Crippen LogP contribution in [0.15, 0.2) is 5.57 Å². The van der Waals surface area contributed by atoms with Crippen molar-refractivity contribution in [2.75, 3.05) is 7.11 Å². The van der Waals surface area contributed by atoms with Gasteiger partial charge in [0.05, 0.1) is 11.7 Å². The molecular weight excluding hydrogens is 118 g/mol. The highest BCUT2D eigenvalue weighted by Crippen LogP contribution is 1.96. The van der Waals surface area contributed by atoms with Crippen LogP contribution in [0.3, 0.4) is 0 Å². The quantitative estimate of drug-likeness (QED) is 0.339. The van der Waals surface area contributed by atoms with Crippen LogP contribution >= 0.6 is 0 Å². The number of carbonyl (C=O) groups is 1. The zero-order valence-electron chi connectivity index (χ0n) is 5.47. The zero-order chi connectivity index (χ0) is 7.28. The Labute approximate surface area is 53.8 Å². The fourth-order valence-corrected chi connectivity index (χ4v) is 0.354. The number of hydrogen-bond donors (Lipinski definition) is 1. The van der Waals surface area contributed by atoms with Crippen LogP contribution in [-0.4, -0.2) is 25.4 Å². The van der Waals surface area contributed by atoms with Gasteiger partial charge in [-0.3, -0.25) is 10.2 Å². The first-order valence-electron chi connectivity index (χ1n) is 2.53. The molecule has 0 aromatic rings. The summed E-state index contributed by atoms with van der Waals surface area (Å²) in [6.07, 6.45) is 0.251. The van der Waals surface area contributed by atoms with Crippen molar-refractivity contribution in [2.24, 2.45) is 0 Å². The molecule has 3 nitrogen and oxygen atoms in total. The molecule has 0 amide bonds. The largest absolute Gasteiger partial charge is 0.376 e. The van der Waals surface area contributed by atoms with Crippen LogP contribution in [0.4, 0.5) is 0 Å². The Hall–Kier alpha value is -0.920. The topological polar surface area (TPSA) is 50.1 Å². The minimum Gasteiger partial charge on any atom is -0.376 e. The molecule has 0 spiro atoms. The molecule has 9 heavy (non-hydrogen) atoms. The third-order valence-electron chi connectivity index (χ3n) is 1.06. The molecule has 0 bridgehead atoms. The molecule has 0 radical (unpaired) electrons. The van der Waals surface area contributed by atoms with Crippen molar-refractivity contribution in [3.05, 3.63) is 5.57 Å². The number of nitrogens with one attached hydrogen (secondary N) is 1. The van der Waals surface area contributed by atoms with Crippen LogP contribution in [-0.2, 0) is 9.53 Å². The standard InChI is InChI=1S/C6H9NO2/c1-5(9-2)6(3-7)4-8/h4-5,7H,1-2H3. The Kier molecular flexibility index (Phi) is 3.60. The molecule has 0 aromatic heterocycles. The van der Waals surface area contributed by atoms with Gasteiger partial charge in [0.25, 0.3) is 0 Å². The highest BCUT2D eigenvalue weighted by molar-refractivity contribution is 5.87. The lowest BCUT2D eigenvalue weighted by atomic mass is 10.2. The third-order valence-corrected chi connectivity index (χ3v) is 1.06. The second kappa shape index (κ2) is 4.01. The summed E-state index contributed by atoms with van der Waals surface area (Å²) in [6.45, 7) is 1.69. The van der Waals surface area contributed by atoms with Crippen LogP contribution in [0.1, 0.15) is 6.92 Å². The van der Waals surface area contributed by atoms with Crippen molar-refractivity contribution >= 4 is 12.2 Å². The van der Waals surface area contributed by atoms with E-state index in [1.54, 1.807) is 6.92 Å². The first-order valence-corrected chi connectivity index (χ1v) is 2.53. The minimum atomic E-state index is -0.319. The summed E-state index contributed by atoms with van der Waals surface area (Å²) < 4.78 is 4.74. The van der Waals surface area contributed by atoms with E-state index in [1.165, 1.54) is 7.11 Å². The van der Waals surface area contributed by atoms with Gasteiger partial charge in [-0.05, 0) is 12.8 Å². The Morgan fingerprint density at radius 2 is 2.44 bits per heavy atom. The maximum atomic E-state index is 10.0. The van der Waals surface area contributed by atoms with E-state index in [1.807, 2.05) is 5.87 Å². The minimum absolute atomic E-state index is 0.234. The molecule has 0 fully saturated rings. The van der Waals surface area contributed by atoms with Crippen molar-refractivity contribution in [3.8, 4) is 0 Å². The molecular formula is C6H9NO2. The van der Waals surface area contributed by atoms with E-state index in [9.17, 15) is 4.79 Å². The van der Waals surface area contributed by atoms with Gasteiger partial charge in [-0.1, -0.05) is 0 Å². The second-order valence-corrected chi connectivity index (χ2v) is 1.58. The lowest BCUT2D eigenvalue weighted by Gasteiger charge is -2.03. The van der Waals surface area contributed by atoms with Crippen molar-refractivity contribution in [1.29, 1.82) is 5.41 Å². The predicted octanol–water partition coefficient (Wildman–Crippen LogP) is 0.395. The molecule has 0 rings (SSSR count). The van der Waals surface area contributed by atoms with Gasteiger partial charge in [-0.2, -0.15) is 0 Å². The monoisotopic (exact) mass is 127 g/mol. The summed E-state index contributed by atoms with van der Waals surface area (Å²) in [5.41, 5.74) is 0.234. The van der Waals surface area contributed by atoms with Crippen molar-refractivity contribution in [2.45, 2.75) is 13.0 Å². The summed E-state index contributed by atoms with van der Waals surface area (Å²) in [5, 5.41) is 6.60. The van der Waals surface area contributed by atoms with Crippen LogP contribution in [0.25, 0.3) is 0 Å². The van der Waals surface area contributed by atoms with Crippen molar-refractivity contribution in [1.82, 2.24) is 0 Å². The molecule has 0 heterocycles. The second-order valence-electron chi connectivity index (χ2n) is 1.58. The molecule has 0 aliphatic heterocycles. The molecule has 0 aromatic carbocycles. The first kappa shape index (κ1) is 8.08. The van der Waals surface area contributed by atoms with E-state index in [4.69, 9.17) is 10.1 Å². The molecule has 1 unspecified atom stereocenters. The number of ether oxygens (including phenoxy) is 1. The zero-order valence-corrected chi connectivity index (χ0v) is 5.47. The Bertz CT molecular complexity index is 147. The molecule has 50 valence electrons. The molecule has 0 saturated carbocycles. The Balaban J connectivity index is 4.13. The molecule has 1 atom stereocenters. The maximum absolute atomic E-state index is 10.0. The molecule has 0 saturated heterocycles. The van der Waals surface area contributed by atoms with Crippen molar-refractivity contribution < 1.29 is 9.53 Å². The molecule has 0 aliphatic rings. The van der Waals surface area contributed by atoms with Gasteiger partial charge in [0.1, 0.15) is 0 Å². The van der Waals surface area contributed by atoms with E-state index >= 15 is 0 Å². The van der Waals surface area contributed by atoms with Crippen molar-refractivity contribution in [3.63, 3.8) is 0 Å². The van der Waals surface area contributed by atoms with Crippen LogP contribution < -0.4 is 0 Å². The van der Waals surface area contributed by atoms with Gasteiger partial charge in [-0.25, -0.2) is 0 Å². The summed E-state index contributed by atoms with van der Waals surface area (Å²) in [4.78, 5) is 10.0. The Morgan fingerprint density at radius 3 is 2.56 bits per heavy atom. The maximum Gasteiger partial charge on any atom is 0.157 e.